The molecular formula is C31H42N8O3S. The zero-order valence-electron chi connectivity index (χ0n) is 25.5. The number of methoxy groups -OCH3 is 1. The van der Waals surface area contributed by atoms with Gasteiger partial charge in [-0.15, -0.1) is 0 Å². The molecule has 0 spiro atoms. The van der Waals surface area contributed by atoms with Gasteiger partial charge in [0.15, 0.2) is 0 Å². The van der Waals surface area contributed by atoms with Gasteiger partial charge in [-0.2, -0.15) is 4.98 Å². The first kappa shape index (κ1) is 29.5. The summed E-state index contributed by atoms with van der Waals surface area (Å²) >= 11 is 0. The monoisotopic (exact) mass is 606 g/mol. The maximum atomic E-state index is 12.4. The molecule has 11 nitrogen and oxygen atoms in total. The first-order valence-electron chi connectivity index (χ1n) is 15.0. The van der Waals surface area contributed by atoms with Crippen LogP contribution in [-0.4, -0.2) is 100 Å². The van der Waals surface area contributed by atoms with E-state index in [1.807, 2.05) is 31.2 Å². The molecule has 0 aliphatic carbocycles. The van der Waals surface area contributed by atoms with Crippen molar-refractivity contribution in [3.63, 3.8) is 0 Å². The number of piperidine rings is 1. The van der Waals surface area contributed by atoms with E-state index in [4.69, 9.17) is 9.72 Å². The van der Waals surface area contributed by atoms with Gasteiger partial charge >= 0.3 is 0 Å². The molecule has 0 radical (unpaired) electrons. The Morgan fingerprint density at radius 3 is 2.44 bits per heavy atom. The molecule has 3 aliphatic rings. The SMILES string of the molecule is COc1cc(N2CCC(N3CCN(C)CC3)CC2)ccc1Nc1ncc(C)c(Nc2cccc3c2N(S(C)(=O)=O)CC3)n1. The molecule has 3 aromatic rings. The summed E-state index contributed by atoms with van der Waals surface area (Å²) in [4.78, 5) is 16.8. The van der Waals surface area contributed by atoms with Crippen molar-refractivity contribution in [2.24, 2.45) is 0 Å². The molecule has 0 atom stereocenters. The van der Waals surface area contributed by atoms with Crippen LogP contribution in [0.15, 0.2) is 42.6 Å². The second kappa shape index (κ2) is 12.2. The van der Waals surface area contributed by atoms with Crippen molar-refractivity contribution in [3.05, 3.63) is 53.7 Å². The van der Waals surface area contributed by atoms with Gasteiger partial charge in [-0.05, 0) is 57.0 Å². The van der Waals surface area contributed by atoms with Crippen LogP contribution in [0.5, 0.6) is 5.75 Å². The summed E-state index contributed by atoms with van der Waals surface area (Å²) in [7, 11) is 0.492. The van der Waals surface area contributed by atoms with Crippen LogP contribution >= 0.6 is 0 Å². The predicted molar refractivity (Wildman–Crippen MR) is 173 cm³/mol. The normalized spacial score (nSPS) is 18.5. The van der Waals surface area contributed by atoms with E-state index in [-0.39, 0.29) is 0 Å². The van der Waals surface area contributed by atoms with E-state index >= 15 is 0 Å². The number of sulfonamides is 1. The second-order valence-corrected chi connectivity index (χ2v) is 13.7. The number of aryl methyl sites for hydroxylation is 1. The van der Waals surface area contributed by atoms with E-state index in [1.165, 1.54) is 36.5 Å². The number of fused-ring (bicyclic) bond motifs is 1. The van der Waals surface area contributed by atoms with Gasteiger partial charge in [-0.1, -0.05) is 12.1 Å². The van der Waals surface area contributed by atoms with Gasteiger partial charge in [0.25, 0.3) is 0 Å². The number of nitrogens with zero attached hydrogens (tertiary/aromatic N) is 6. The molecule has 0 amide bonds. The summed E-state index contributed by atoms with van der Waals surface area (Å²) in [6.45, 7) is 9.07. The Morgan fingerprint density at radius 1 is 0.953 bits per heavy atom. The molecule has 0 unspecified atom stereocenters. The summed E-state index contributed by atoms with van der Waals surface area (Å²) in [5.41, 5.74) is 5.15. The molecule has 0 saturated carbocycles. The highest BCUT2D eigenvalue weighted by Gasteiger charge is 2.29. The Kier molecular flexibility index (Phi) is 8.34. The van der Waals surface area contributed by atoms with E-state index in [0.717, 1.165) is 54.4 Å². The lowest BCUT2D eigenvalue weighted by Crippen LogP contribution is -2.52. The summed E-state index contributed by atoms with van der Waals surface area (Å²) in [6.07, 6.45) is 6.02. The molecule has 4 heterocycles. The molecule has 2 saturated heterocycles. The van der Waals surface area contributed by atoms with Gasteiger partial charge in [-0.25, -0.2) is 13.4 Å². The van der Waals surface area contributed by atoms with Crippen LogP contribution < -0.4 is 24.6 Å². The molecule has 0 bridgehead atoms. The van der Waals surface area contributed by atoms with Crippen LogP contribution in [0.1, 0.15) is 24.0 Å². The standard InChI is InChI=1S/C31H42N8O3S/c1-22-21-32-31(35-30(22)33-27-7-5-6-23-10-15-39(29(23)27)43(4,40)41)34-26-9-8-25(20-28(26)42-3)37-13-11-24(12-14-37)38-18-16-36(2)17-19-38/h5-9,20-21,24H,10-19H2,1-4H3,(H2,32,33,34,35). The van der Waals surface area contributed by atoms with Gasteiger partial charge in [0.05, 0.1) is 30.4 Å². The Bertz CT molecular complexity index is 1570. The van der Waals surface area contributed by atoms with Gasteiger partial charge in [0, 0.05) is 75.4 Å². The highest BCUT2D eigenvalue weighted by molar-refractivity contribution is 7.92. The van der Waals surface area contributed by atoms with Crippen molar-refractivity contribution < 1.29 is 13.2 Å². The minimum absolute atomic E-state index is 0.416. The largest absolute Gasteiger partial charge is 0.494 e. The highest BCUT2D eigenvalue weighted by Crippen LogP contribution is 2.39. The van der Waals surface area contributed by atoms with Crippen LogP contribution in [0, 0.1) is 6.92 Å². The van der Waals surface area contributed by atoms with Crippen molar-refractivity contribution >= 4 is 44.5 Å². The summed E-state index contributed by atoms with van der Waals surface area (Å²) in [5, 5.41) is 6.69. The zero-order valence-corrected chi connectivity index (χ0v) is 26.3. The van der Waals surface area contributed by atoms with Crippen LogP contribution in [0.25, 0.3) is 0 Å². The number of benzene rings is 2. The first-order valence-corrected chi connectivity index (χ1v) is 16.9. The molecular weight excluding hydrogens is 564 g/mol. The summed E-state index contributed by atoms with van der Waals surface area (Å²) < 4.78 is 32.1. The number of ether oxygens (including phenoxy) is 1. The topological polar surface area (TPSA) is 106 Å². The number of likely N-dealkylation sites (N-methyl/N-ethyl adjacent to an activating group) is 1. The minimum atomic E-state index is -3.39. The second-order valence-electron chi connectivity index (χ2n) is 11.8. The fourth-order valence-electron chi connectivity index (χ4n) is 6.39. The lowest BCUT2D eigenvalue weighted by molar-refractivity contribution is 0.0982. The van der Waals surface area contributed by atoms with E-state index in [9.17, 15) is 8.42 Å². The molecule has 12 heteroatoms. The average Bonchev–Trinajstić information content (AvgIpc) is 3.46. The van der Waals surface area contributed by atoms with Crippen LogP contribution in [0.3, 0.4) is 0 Å². The Hall–Kier alpha value is -3.61. The number of hydrogen-bond acceptors (Lipinski definition) is 10. The van der Waals surface area contributed by atoms with E-state index in [2.05, 4.69) is 49.5 Å². The molecule has 230 valence electrons. The molecule has 43 heavy (non-hydrogen) atoms. The van der Waals surface area contributed by atoms with Gasteiger partial charge in [-0.3, -0.25) is 9.21 Å². The number of nitrogens with one attached hydrogen (secondary N) is 2. The number of aromatic nitrogens is 2. The molecule has 2 fully saturated rings. The maximum Gasteiger partial charge on any atom is 0.232 e. The quantitative estimate of drug-likeness (QED) is 0.393. The Labute approximate surface area is 254 Å². The van der Waals surface area contributed by atoms with Gasteiger partial charge in [0.1, 0.15) is 11.6 Å². The van der Waals surface area contributed by atoms with Crippen molar-refractivity contribution in [2.45, 2.75) is 32.2 Å². The Balaban J connectivity index is 1.15. The number of rotatable bonds is 8. The minimum Gasteiger partial charge on any atom is -0.494 e. The molecule has 3 aliphatic heterocycles. The van der Waals surface area contributed by atoms with E-state index in [1.54, 1.807) is 13.3 Å². The van der Waals surface area contributed by atoms with Crippen molar-refractivity contribution in [1.82, 2.24) is 19.8 Å². The fraction of sp³-hybridized carbons (Fsp3) is 0.484. The van der Waals surface area contributed by atoms with Gasteiger partial charge in [0.2, 0.25) is 16.0 Å². The third-order valence-electron chi connectivity index (χ3n) is 8.89. The lowest BCUT2D eigenvalue weighted by Gasteiger charge is -2.42. The lowest BCUT2D eigenvalue weighted by atomic mass is 10.0. The molecule has 2 aromatic carbocycles. The first-order chi connectivity index (χ1) is 20.7. The third-order valence-corrected chi connectivity index (χ3v) is 10.1. The predicted octanol–water partition coefficient (Wildman–Crippen LogP) is 3.82. The van der Waals surface area contributed by atoms with Crippen LogP contribution in [0.2, 0.25) is 0 Å². The maximum absolute atomic E-state index is 12.4. The molecule has 6 rings (SSSR count). The summed E-state index contributed by atoms with van der Waals surface area (Å²) in [5.74, 6) is 1.74. The summed E-state index contributed by atoms with van der Waals surface area (Å²) in [6, 6.07) is 12.7. The fourth-order valence-corrected chi connectivity index (χ4v) is 7.36. The number of para-hydroxylation sites is 1. The van der Waals surface area contributed by atoms with Crippen molar-refractivity contribution in [2.75, 3.05) is 86.1 Å². The zero-order chi connectivity index (χ0) is 30.1. The highest BCUT2D eigenvalue weighted by atomic mass is 32.2. The number of hydrogen-bond donors (Lipinski definition) is 2. The van der Waals surface area contributed by atoms with Crippen LogP contribution in [0.4, 0.5) is 34.5 Å². The third kappa shape index (κ3) is 6.36. The molecule has 1 aromatic heterocycles. The number of piperazine rings is 1. The van der Waals surface area contributed by atoms with Gasteiger partial charge < -0.3 is 25.2 Å². The van der Waals surface area contributed by atoms with Crippen molar-refractivity contribution in [1.29, 1.82) is 0 Å². The Morgan fingerprint density at radius 2 is 1.72 bits per heavy atom. The smallest absolute Gasteiger partial charge is 0.232 e. The van der Waals surface area contributed by atoms with E-state index < -0.39 is 10.0 Å². The van der Waals surface area contributed by atoms with Crippen LogP contribution in [-0.2, 0) is 16.4 Å². The average molecular weight is 607 g/mol. The number of anilines is 6. The van der Waals surface area contributed by atoms with Crippen molar-refractivity contribution in [3.8, 4) is 5.75 Å². The molecule has 2 N–H and O–H groups in total. The van der Waals surface area contributed by atoms with E-state index in [0.29, 0.717) is 42.1 Å².